The highest BCUT2D eigenvalue weighted by molar-refractivity contribution is 7.18. The fraction of sp³-hybridized carbons (Fsp3) is 0.458. The zero-order chi connectivity index (χ0) is 25.3. The van der Waals surface area contributed by atoms with Crippen LogP contribution in [0.4, 0.5) is 5.00 Å². The lowest BCUT2D eigenvalue weighted by molar-refractivity contribution is -0.133. The summed E-state index contributed by atoms with van der Waals surface area (Å²) < 4.78 is 27.5. The first kappa shape index (κ1) is 27.0. The van der Waals surface area contributed by atoms with Crippen molar-refractivity contribution in [1.82, 2.24) is 0 Å². The summed E-state index contributed by atoms with van der Waals surface area (Å²) in [4.78, 5) is 37.6. The van der Waals surface area contributed by atoms with Crippen LogP contribution in [-0.4, -0.2) is 44.3 Å². The van der Waals surface area contributed by atoms with Crippen molar-refractivity contribution in [3.63, 3.8) is 0 Å². The van der Waals surface area contributed by atoms with E-state index in [1.54, 1.807) is 32.9 Å². The van der Waals surface area contributed by atoms with Gasteiger partial charge in [0.05, 0.1) is 26.4 Å². The summed E-state index contributed by atoms with van der Waals surface area (Å²) in [5.41, 5.74) is 0.792. The molecule has 0 bridgehead atoms. The van der Waals surface area contributed by atoms with E-state index in [-0.39, 0.29) is 34.2 Å². The molecule has 0 spiro atoms. The second-order valence-corrected chi connectivity index (χ2v) is 7.80. The molecule has 0 saturated heterocycles. The van der Waals surface area contributed by atoms with Gasteiger partial charge in [-0.05, 0) is 46.8 Å². The van der Waals surface area contributed by atoms with Gasteiger partial charge in [-0.2, -0.15) is 0 Å². The zero-order valence-electron chi connectivity index (χ0n) is 20.4. The van der Waals surface area contributed by atoms with Crippen LogP contribution < -0.4 is 24.3 Å². The molecule has 0 aliphatic rings. The van der Waals surface area contributed by atoms with E-state index in [0.29, 0.717) is 42.6 Å². The average Bonchev–Trinajstić information content (AvgIpc) is 3.10. The van der Waals surface area contributed by atoms with Gasteiger partial charge in [-0.15, -0.1) is 0 Å². The molecule has 0 atom stereocenters. The van der Waals surface area contributed by atoms with E-state index >= 15 is 0 Å². The molecule has 0 fully saturated rings. The average molecular weight is 494 g/mol. The third-order valence-electron chi connectivity index (χ3n) is 4.48. The fourth-order valence-electron chi connectivity index (χ4n) is 3.00. The van der Waals surface area contributed by atoms with Gasteiger partial charge in [0.25, 0.3) is 5.91 Å². The zero-order valence-corrected chi connectivity index (χ0v) is 21.2. The summed E-state index contributed by atoms with van der Waals surface area (Å²) in [6, 6.07) is 3.10. The monoisotopic (exact) mass is 493 g/mol. The number of amides is 1. The van der Waals surface area contributed by atoms with Crippen molar-refractivity contribution in [2.45, 2.75) is 48.0 Å². The molecule has 9 nitrogen and oxygen atoms in total. The predicted octanol–water partition coefficient (Wildman–Crippen LogP) is 5.00. The van der Waals surface area contributed by atoms with Crippen LogP contribution in [0.15, 0.2) is 12.1 Å². The minimum atomic E-state index is -0.623. The van der Waals surface area contributed by atoms with Gasteiger partial charge in [0.1, 0.15) is 10.6 Å². The normalized spacial score (nSPS) is 10.4. The number of benzene rings is 1. The van der Waals surface area contributed by atoms with Crippen LogP contribution in [0.25, 0.3) is 0 Å². The molecule has 2 aromatic rings. The standard InChI is InChI=1S/C24H31NO8S/c1-7-18(26)33-24-14(6)19(23(28)32-11-5)22(34-24)25-21(27)15-12-16(29-8-2)20(31-10-4)17(13-15)30-9-3/h12-13H,7-11H2,1-6H3,(H,25,27). The molecular weight excluding hydrogens is 462 g/mol. The molecular formula is C24H31NO8S. The van der Waals surface area contributed by atoms with E-state index in [1.807, 2.05) is 20.8 Å². The largest absolute Gasteiger partial charge is 0.490 e. The van der Waals surface area contributed by atoms with Gasteiger partial charge in [-0.25, -0.2) is 4.79 Å². The molecule has 1 N–H and O–H groups in total. The first-order chi connectivity index (χ1) is 16.3. The number of esters is 2. The predicted molar refractivity (Wildman–Crippen MR) is 129 cm³/mol. The number of hydrogen-bond acceptors (Lipinski definition) is 9. The van der Waals surface area contributed by atoms with Crippen LogP contribution in [0.3, 0.4) is 0 Å². The smallest absolute Gasteiger partial charge is 0.341 e. The lowest BCUT2D eigenvalue weighted by Crippen LogP contribution is -2.15. The van der Waals surface area contributed by atoms with Gasteiger partial charge in [0.2, 0.25) is 5.75 Å². The number of anilines is 1. The Morgan fingerprint density at radius 3 is 1.97 bits per heavy atom. The molecule has 0 aliphatic carbocycles. The van der Waals surface area contributed by atoms with E-state index in [4.69, 9.17) is 23.7 Å². The summed E-state index contributed by atoms with van der Waals surface area (Å²) in [6.07, 6.45) is 0.167. The summed E-state index contributed by atoms with van der Waals surface area (Å²) in [5.74, 6) is -0.438. The topological polar surface area (TPSA) is 109 Å². The van der Waals surface area contributed by atoms with Crippen LogP contribution in [0.2, 0.25) is 0 Å². The molecule has 186 valence electrons. The van der Waals surface area contributed by atoms with Crippen molar-refractivity contribution in [2.24, 2.45) is 0 Å². The van der Waals surface area contributed by atoms with E-state index in [1.165, 1.54) is 0 Å². The van der Waals surface area contributed by atoms with Crippen molar-refractivity contribution in [3.8, 4) is 22.3 Å². The van der Waals surface area contributed by atoms with E-state index < -0.39 is 17.8 Å². The van der Waals surface area contributed by atoms with Crippen molar-refractivity contribution in [1.29, 1.82) is 0 Å². The second kappa shape index (κ2) is 12.8. The summed E-state index contributed by atoms with van der Waals surface area (Å²) in [5, 5.41) is 3.18. The van der Waals surface area contributed by atoms with Gasteiger partial charge in [-0.3, -0.25) is 9.59 Å². The third-order valence-corrected chi connectivity index (χ3v) is 5.56. The third kappa shape index (κ3) is 6.40. The number of carbonyl (C=O) groups is 3. The molecule has 10 heteroatoms. The Bertz CT molecular complexity index is 1000. The highest BCUT2D eigenvalue weighted by atomic mass is 32.1. The number of ether oxygens (including phenoxy) is 5. The minimum Gasteiger partial charge on any atom is -0.490 e. The number of rotatable bonds is 12. The number of thiophene rings is 1. The first-order valence-corrected chi connectivity index (χ1v) is 12.0. The molecule has 1 heterocycles. The van der Waals surface area contributed by atoms with Crippen LogP contribution >= 0.6 is 11.3 Å². The minimum absolute atomic E-state index is 0.139. The maximum Gasteiger partial charge on any atom is 0.341 e. The van der Waals surface area contributed by atoms with E-state index in [2.05, 4.69) is 5.32 Å². The lowest BCUT2D eigenvalue weighted by Gasteiger charge is -2.17. The second-order valence-electron chi connectivity index (χ2n) is 6.82. The van der Waals surface area contributed by atoms with Gasteiger partial charge in [0, 0.05) is 17.5 Å². The summed E-state index contributed by atoms with van der Waals surface area (Å²) in [6.45, 7) is 11.7. The highest BCUT2D eigenvalue weighted by Gasteiger charge is 2.27. The molecule has 0 aliphatic heterocycles. The van der Waals surface area contributed by atoms with Crippen molar-refractivity contribution in [3.05, 3.63) is 28.8 Å². The van der Waals surface area contributed by atoms with Crippen LogP contribution in [0.1, 0.15) is 67.3 Å². The SMILES string of the molecule is CCOC(=O)c1c(NC(=O)c2cc(OCC)c(OCC)c(OCC)c2)sc(OC(=O)CC)c1C. The number of hydrogen-bond donors (Lipinski definition) is 1. The maximum atomic E-state index is 13.2. The molecule has 1 aromatic heterocycles. The Kier molecular flexibility index (Phi) is 10.2. The van der Waals surface area contributed by atoms with Gasteiger partial charge in [0.15, 0.2) is 16.6 Å². The molecule has 0 unspecified atom stereocenters. The first-order valence-electron chi connectivity index (χ1n) is 11.2. The van der Waals surface area contributed by atoms with Crippen LogP contribution in [0, 0.1) is 6.92 Å². The number of carbonyl (C=O) groups excluding carboxylic acids is 3. The Morgan fingerprint density at radius 2 is 1.47 bits per heavy atom. The van der Waals surface area contributed by atoms with E-state index in [9.17, 15) is 14.4 Å². The highest BCUT2D eigenvalue weighted by Crippen LogP contribution is 2.42. The molecule has 1 amide bonds. The van der Waals surface area contributed by atoms with Gasteiger partial charge in [-0.1, -0.05) is 18.3 Å². The number of nitrogens with one attached hydrogen (secondary N) is 1. The van der Waals surface area contributed by atoms with Gasteiger partial charge >= 0.3 is 11.9 Å². The van der Waals surface area contributed by atoms with Crippen molar-refractivity contribution < 1.29 is 38.1 Å². The van der Waals surface area contributed by atoms with Crippen molar-refractivity contribution in [2.75, 3.05) is 31.7 Å². The lowest BCUT2D eigenvalue weighted by atomic mass is 10.1. The molecule has 2 rings (SSSR count). The fourth-order valence-corrected chi connectivity index (χ4v) is 4.06. The molecule has 0 saturated carbocycles. The van der Waals surface area contributed by atoms with Crippen molar-refractivity contribution >= 4 is 34.2 Å². The van der Waals surface area contributed by atoms with E-state index in [0.717, 1.165) is 11.3 Å². The van der Waals surface area contributed by atoms with Gasteiger partial charge < -0.3 is 29.0 Å². The summed E-state index contributed by atoms with van der Waals surface area (Å²) >= 11 is 0.984. The Labute approximate surface area is 203 Å². The Morgan fingerprint density at radius 1 is 0.882 bits per heavy atom. The van der Waals surface area contributed by atoms with Crippen LogP contribution in [-0.2, 0) is 9.53 Å². The molecule has 1 aromatic carbocycles. The Balaban J connectivity index is 2.50. The molecule has 0 radical (unpaired) electrons. The quantitative estimate of drug-likeness (QED) is 0.412. The van der Waals surface area contributed by atoms with Crippen LogP contribution in [0.5, 0.6) is 22.3 Å². The Hall–Kier alpha value is -3.27. The summed E-state index contributed by atoms with van der Waals surface area (Å²) in [7, 11) is 0. The molecule has 34 heavy (non-hydrogen) atoms. The maximum absolute atomic E-state index is 13.2.